The zero-order valence-corrected chi connectivity index (χ0v) is 17.7. The third-order valence-electron chi connectivity index (χ3n) is 4.95. The summed E-state index contributed by atoms with van der Waals surface area (Å²) in [7, 11) is 0. The fourth-order valence-corrected chi connectivity index (χ4v) is 3.30. The number of nitrogens with two attached hydrogens (primary N) is 2. The van der Waals surface area contributed by atoms with Crippen LogP contribution in [0.2, 0.25) is 0 Å². The second kappa shape index (κ2) is 10.1. The van der Waals surface area contributed by atoms with E-state index in [2.05, 4.69) is 25.8 Å². The van der Waals surface area contributed by atoms with Crippen molar-refractivity contribution in [3.05, 3.63) is 47.7 Å². The number of H-pyrrole nitrogens is 1. The van der Waals surface area contributed by atoms with E-state index in [1.807, 2.05) is 30.5 Å². The SMILES string of the molecule is CC(O)[C@H](NC(=O)N[C@@H](CC(N)=O)c1nc([C@@H](N)Cc2c[nH]c3ccccc23)no1)C(=O)O. The highest BCUT2D eigenvalue weighted by molar-refractivity contribution is 5.84. The van der Waals surface area contributed by atoms with E-state index >= 15 is 0 Å². The van der Waals surface area contributed by atoms with Crippen molar-refractivity contribution >= 4 is 28.8 Å². The van der Waals surface area contributed by atoms with Crippen LogP contribution in [-0.2, 0) is 16.0 Å². The summed E-state index contributed by atoms with van der Waals surface area (Å²) in [6, 6.07) is 3.40. The van der Waals surface area contributed by atoms with Gasteiger partial charge in [0.1, 0.15) is 6.04 Å². The lowest BCUT2D eigenvalue weighted by atomic mass is 10.1. The summed E-state index contributed by atoms with van der Waals surface area (Å²) in [5.74, 6) is -2.18. The number of aliphatic hydroxyl groups is 1. The molecule has 1 aromatic carbocycles. The molecule has 0 aliphatic carbocycles. The number of aromatic amines is 1. The van der Waals surface area contributed by atoms with Crippen LogP contribution in [0.5, 0.6) is 0 Å². The summed E-state index contributed by atoms with van der Waals surface area (Å²) in [5, 5.41) is 27.9. The van der Waals surface area contributed by atoms with Crippen molar-refractivity contribution < 1.29 is 29.1 Å². The van der Waals surface area contributed by atoms with Crippen molar-refractivity contribution in [1.82, 2.24) is 25.8 Å². The number of carbonyl (C=O) groups is 3. The number of carbonyl (C=O) groups excluding carboxylic acids is 2. The standard InChI is InChI=1S/C20H25N7O6/c1-9(28)16(19(30)31)25-20(32)24-14(7-15(22)29)18-26-17(27-33-18)12(21)6-10-8-23-13-5-3-2-4-11(10)13/h2-5,8-9,12,14,16,23,28H,6-7,21H2,1H3,(H2,22,29)(H,30,31)(H2,24,25,32)/t9?,12-,14-,16-/m0/s1. The van der Waals surface area contributed by atoms with Crippen LogP contribution in [-0.4, -0.2) is 55.4 Å². The molecule has 2 heterocycles. The molecule has 4 atom stereocenters. The molecule has 176 valence electrons. The number of benzene rings is 1. The summed E-state index contributed by atoms with van der Waals surface area (Å²) >= 11 is 0. The Labute approximate surface area is 187 Å². The van der Waals surface area contributed by atoms with Crippen LogP contribution in [0.3, 0.4) is 0 Å². The predicted octanol–water partition coefficient (Wildman–Crippen LogP) is -0.157. The molecule has 3 rings (SSSR count). The molecular formula is C20H25N7O6. The molecule has 0 saturated heterocycles. The zero-order valence-electron chi connectivity index (χ0n) is 17.7. The van der Waals surface area contributed by atoms with E-state index in [4.69, 9.17) is 21.1 Å². The molecular weight excluding hydrogens is 434 g/mol. The number of rotatable bonds is 10. The summed E-state index contributed by atoms with van der Waals surface area (Å²) in [5.41, 5.74) is 13.4. The Morgan fingerprint density at radius 2 is 1.97 bits per heavy atom. The Bertz CT molecular complexity index is 1140. The van der Waals surface area contributed by atoms with Gasteiger partial charge in [-0.15, -0.1) is 0 Å². The average molecular weight is 459 g/mol. The van der Waals surface area contributed by atoms with Crippen molar-refractivity contribution in [3.8, 4) is 0 Å². The molecule has 0 bridgehead atoms. The molecule has 0 spiro atoms. The van der Waals surface area contributed by atoms with Gasteiger partial charge >= 0.3 is 12.0 Å². The molecule has 33 heavy (non-hydrogen) atoms. The van der Waals surface area contributed by atoms with Crippen molar-refractivity contribution in [2.75, 3.05) is 0 Å². The molecule has 0 saturated carbocycles. The van der Waals surface area contributed by atoms with E-state index in [0.717, 1.165) is 16.5 Å². The molecule has 9 N–H and O–H groups in total. The monoisotopic (exact) mass is 459 g/mol. The van der Waals surface area contributed by atoms with E-state index in [0.29, 0.717) is 6.42 Å². The lowest BCUT2D eigenvalue weighted by molar-refractivity contribution is -0.141. The van der Waals surface area contributed by atoms with Crippen LogP contribution >= 0.6 is 0 Å². The smallest absolute Gasteiger partial charge is 0.328 e. The van der Waals surface area contributed by atoms with E-state index in [1.54, 1.807) is 0 Å². The Morgan fingerprint density at radius 1 is 1.24 bits per heavy atom. The number of nitrogens with zero attached hydrogens (tertiary/aromatic N) is 2. The molecule has 0 aliphatic heterocycles. The first-order valence-corrected chi connectivity index (χ1v) is 10.1. The molecule has 0 radical (unpaired) electrons. The van der Waals surface area contributed by atoms with Gasteiger partial charge in [0.25, 0.3) is 0 Å². The Kier molecular flexibility index (Phi) is 7.25. The molecule has 0 aliphatic rings. The third-order valence-corrected chi connectivity index (χ3v) is 4.95. The van der Waals surface area contributed by atoms with Crippen LogP contribution in [0.15, 0.2) is 35.0 Å². The second-order valence-electron chi connectivity index (χ2n) is 7.56. The van der Waals surface area contributed by atoms with E-state index in [1.165, 1.54) is 6.92 Å². The Morgan fingerprint density at radius 3 is 2.64 bits per heavy atom. The maximum absolute atomic E-state index is 12.2. The summed E-state index contributed by atoms with van der Waals surface area (Å²) in [6.07, 6.45) is 0.486. The summed E-state index contributed by atoms with van der Waals surface area (Å²) in [6.45, 7) is 1.21. The first-order chi connectivity index (χ1) is 15.7. The topological polar surface area (TPSA) is 222 Å². The van der Waals surface area contributed by atoms with Gasteiger partial charge in [-0.2, -0.15) is 4.98 Å². The third kappa shape index (κ3) is 5.84. The maximum Gasteiger partial charge on any atom is 0.328 e. The van der Waals surface area contributed by atoms with Crippen molar-refractivity contribution in [3.63, 3.8) is 0 Å². The van der Waals surface area contributed by atoms with Crippen LogP contribution in [0.4, 0.5) is 4.79 Å². The number of para-hydroxylation sites is 1. The van der Waals surface area contributed by atoms with Crippen molar-refractivity contribution in [2.24, 2.45) is 11.5 Å². The second-order valence-corrected chi connectivity index (χ2v) is 7.56. The molecule has 3 amide bonds. The number of aliphatic carboxylic acids is 1. The molecule has 13 heteroatoms. The van der Waals surface area contributed by atoms with Gasteiger partial charge in [0.15, 0.2) is 11.9 Å². The highest BCUT2D eigenvalue weighted by Gasteiger charge is 2.29. The number of urea groups is 1. The highest BCUT2D eigenvalue weighted by atomic mass is 16.5. The Hall–Kier alpha value is -3.97. The molecule has 0 fully saturated rings. The summed E-state index contributed by atoms with van der Waals surface area (Å²) < 4.78 is 5.19. The number of aromatic nitrogens is 3. The maximum atomic E-state index is 12.2. The minimum absolute atomic E-state index is 0.128. The van der Waals surface area contributed by atoms with Crippen LogP contribution in [0.25, 0.3) is 10.9 Å². The lowest BCUT2D eigenvalue weighted by Crippen LogP contribution is -2.52. The number of carboxylic acid groups (broad SMARTS) is 1. The number of carboxylic acids is 1. The first kappa shape index (κ1) is 23.7. The van der Waals surface area contributed by atoms with E-state index in [-0.39, 0.29) is 18.1 Å². The first-order valence-electron chi connectivity index (χ1n) is 10.1. The minimum Gasteiger partial charge on any atom is -0.480 e. The molecule has 1 unspecified atom stereocenters. The van der Waals surface area contributed by atoms with Crippen LogP contribution in [0.1, 0.15) is 42.7 Å². The van der Waals surface area contributed by atoms with Gasteiger partial charge in [-0.25, -0.2) is 9.59 Å². The number of hydrogen-bond donors (Lipinski definition) is 7. The predicted molar refractivity (Wildman–Crippen MR) is 115 cm³/mol. The zero-order chi connectivity index (χ0) is 24.1. The average Bonchev–Trinajstić information content (AvgIpc) is 3.39. The minimum atomic E-state index is -1.57. The number of fused-ring (bicyclic) bond motifs is 1. The molecule has 3 aromatic rings. The van der Waals surface area contributed by atoms with Gasteiger partial charge in [0.05, 0.1) is 18.6 Å². The van der Waals surface area contributed by atoms with Gasteiger partial charge in [0.2, 0.25) is 11.8 Å². The number of nitrogens with one attached hydrogen (secondary N) is 3. The van der Waals surface area contributed by atoms with Gasteiger partial charge in [0, 0.05) is 17.1 Å². The van der Waals surface area contributed by atoms with E-state index in [9.17, 15) is 19.5 Å². The Balaban J connectivity index is 1.72. The van der Waals surface area contributed by atoms with Crippen molar-refractivity contribution in [1.29, 1.82) is 0 Å². The highest BCUT2D eigenvalue weighted by Crippen LogP contribution is 2.23. The largest absolute Gasteiger partial charge is 0.480 e. The molecule has 13 nitrogen and oxygen atoms in total. The number of amides is 3. The fourth-order valence-electron chi connectivity index (χ4n) is 3.30. The fraction of sp³-hybridized carbons (Fsp3) is 0.350. The molecule has 2 aromatic heterocycles. The van der Waals surface area contributed by atoms with Gasteiger partial charge in [-0.1, -0.05) is 23.4 Å². The van der Waals surface area contributed by atoms with Gasteiger partial charge in [-0.3, -0.25) is 4.79 Å². The van der Waals surface area contributed by atoms with Gasteiger partial charge < -0.3 is 41.8 Å². The van der Waals surface area contributed by atoms with E-state index < -0.39 is 42.1 Å². The summed E-state index contributed by atoms with van der Waals surface area (Å²) in [4.78, 5) is 42.2. The quantitative estimate of drug-likeness (QED) is 0.214. The van der Waals surface area contributed by atoms with Gasteiger partial charge in [-0.05, 0) is 25.0 Å². The van der Waals surface area contributed by atoms with Crippen LogP contribution < -0.4 is 22.1 Å². The van der Waals surface area contributed by atoms with Crippen LogP contribution in [0, 0.1) is 0 Å². The number of primary amides is 1. The van der Waals surface area contributed by atoms with Crippen molar-refractivity contribution in [2.45, 2.75) is 44.0 Å². The number of hydrogen-bond acceptors (Lipinski definition) is 8. The lowest BCUT2D eigenvalue weighted by Gasteiger charge is -2.19. The number of aliphatic hydroxyl groups excluding tert-OH is 1. The normalized spacial score (nSPS) is 14.9.